The van der Waals surface area contributed by atoms with E-state index in [1.54, 1.807) is 18.1 Å². The average Bonchev–Trinajstić information content (AvgIpc) is 3.27. The first-order valence-electron chi connectivity index (χ1n) is 8.64. The van der Waals surface area contributed by atoms with Crippen molar-refractivity contribution in [1.82, 2.24) is 24.6 Å². The van der Waals surface area contributed by atoms with Gasteiger partial charge in [0.05, 0.1) is 24.7 Å². The molecule has 3 aromatic rings. The molecule has 26 heavy (non-hydrogen) atoms. The van der Waals surface area contributed by atoms with E-state index >= 15 is 0 Å². The zero-order chi connectivity index (χ0) is 18.3. The predicted octanol–water partition coefficient (Wildman–Crippen LogP) is 1.71. The van der Waals surface area contributed by atoms with Gasteiger partial charge in [0.25, 0.3) is 5.91 Å². The zero-order valence-corrected chi connectivity index (χ0v) is 14.8. The minimum atomic E-state index is -0.155. The minimum absolute atomic E-state index is 0.0230. The zero-order valence-electron chi connectivity index (χ0n) is 14.8. The number of benzene rings is 1. The maximum Gasteiger partial charge on any atom is 0.254 e. The quantitative estimate of drug-likeness (QED) is 0.781. The topological polar surface area (TPSA) is 72.2 Å². The molecule has 0 saturated carbocycles. The second kappa shape index (κ2) is 6.33. The Bertz CT molecular complexity index is 987. The van der Waals surface area contributed by atoms with E-state index in [0.717, 1.165) is 16.6 Å². The molecule has 1 atom stereocenters. The second-order valence-corrected chi connectivity index (χ2v) is 6.68. The molecule has 1 aliphatic heterocycles. The van der Waals surface area contributed by atoms with Gasteiger partial charge >= 0.3 is 0 Å². The molecular weight excluding hydrogens is 330 g/mol. The molecule has 0 unspecified atom stereocenters. The van der Waals surface area contributed by atoms with Crippen LogP contribution in [0, 0.1) is 0 Å². The highest BCUT2D eigenvalue weighted by Crippen LogP contribution is 2.25. The van der Waals surface area contributed by atoms with Gasteiger partial charge in [0.2, 0.25) is 5.91 Å². The van der Waals surface area contributed by atoms with Crippen LogP contribution in [0.15, 0.2) is 42.7 Å². The van der Waals surface area contributed by atoms with E-state index in [2.05, 4.69) is 10.4 Å². The number of carbonyl (C=O) groups excluding carboxylic acids is 2. The molecule has 1 aliphatic rings. The maximum atomic E-state index is 13.1. The molecule has 4 rings (SSSR count). The Morgan fingerprint density at radius 3 is 2.92 bits per heavy atom. The first kappa shape index (κ1) is 16.4. The van der Waals surface area contributed by atoms with Crippen molar-refractivity contribution >= 4 is 22.7 Å². The maximum absolute atomic E-state index is 13.1. The second-order valence-electron chi connectivity index (χ2n) is 6.68. The Morgan fingerprint density at radius 2 is 2.12 bits per heavy atom. The third-order valence-electron chi connectivity index (χ3n) is 5.00. The summed E-state index contributed by atoms with van der Waals surface area (Å²) in [6, 6.07) is 9.52. The molecule has 0 saturated heterocycles. The lowest BCUT2D eigenvalue weighted by atomic mass is 10.1. The summed E-state index contributed by atoms with van der Waals surface area (Å²) in [6.07, 6.45) is 4.00. The Kier molecular flexibility index (Phi) is 3.99. The fraction of sp³-hybridized carbons (Fsp3) is 0.316. The largest absolute Gasteiger partial charge is 0.359 e. The minimum Gasteiger partial charge on any atom is -0.359 e. The molecule has 0 radical (unpaired) electrons. The molecule has 2 amide bonds. The summed E-state index contributed by atoms with van der Waals surface area (Å²) in [7, 11) is 3.60. The lowest BCUT2D eigenvalue weighted by Crippen LogP contribution is -2.42. The lowest BCUT2D eigenvalue weighted by Gasteiger charge is -2.33. The molecule has 7 heteroatoms. The van der Waals surface area contributed by atoms with Crippen LogP contribution in [-0.2, 0) is 18.4 Å². The summed E-state index contributed by atoms with van der Waals surface area (Å²) in [5.41, 5.74) is 2.70. The van der Waals surface area contributed by atoms with E-state index in [1.807, 2.05) is 52.8 Å². The molecule has 0 fully saturated rings. The summed E-state index contributed by atoms with van der Waals surface area (Å²) in [4.78, 5) is 26.7. The fourth-order valence-electron chi connectivity index (χ4n) is 3.61. The standard InChI is InChI=1S/C19H21N5O2/c1-20-18(25)10-16-12-23(11-15-5-7-21-24(15)16)19(26)14-3-4-17-13(9-14)6-8-22(17)2/h3-9,16H,10-12H2,1-2H3,(H,20,25)/t16-/m0/s1. The van der Waals surface area contributed by atoms with E-state index in [-0.39, 0.29) is 17.9 Å². The van der Waals surface area contributed by atoms with Crippen molar-refractivity contribution in [3.8, 4) is 0 Å². The van der Waals surface area contributed by atoms with Crippen molar-refractivity contribution in [3.05, 3.63) is 54.0 Å². The highest BCUT2D eigenvalue weighted by Gasteiger charge is 2.30. The highest BCUT2D eigenvalue weighted by atomic mass is 16.2. The number of hydrogen-bond acceptors (Lipinski definition) is 3. The van der Waals surface area contributed by atoms with Crippen molar-refractivity contribution in [1.29, 1.82) is 0 Å². The molecule has 0 aliphatic carbocycles. The SMILES string of the molecule is CNC(=O)C[C@H]1CN(C(=O)c2ccc3c(ccn3C)c2)Cc2ccnn21. The summed E-state index contributed by atoms with van der Waals surface area (Å²) < 4.78 is 3.89. The number of nitrogens with zero attached hydrogens (tertiary/aromatic N) is 4. The first-order chi connectivity index (χ1) is 12.6. The van der Waals surface area contributed by atoms with Gasteiger partial charge in [-0.1, -0.05) is 0 Å². The van der Waals surface area contributed by atoms with Gasteiger partial charge in [0.1, 0.15) is 0 Å². The summed E-state index contributed by atoms with van der Waals surface area (Å²) in [6.45, 7) is 0.962. The number of carbonyl (C=O) groups is 2. The van der Waals surface area contributed by atoms with Crippen molar-refractivity contribution in [2.75, 3.05) is 13.6 Å². The molecule has 1 N–H and O–H groups in total. The van der Waals surface area contributed by atoms with Crippen LogP contribution in [0.25, 0.3) is 10.9 Å². The molecular formula is C19H21N5O2. The Hall–Kier alpha value is -3.09. The van der Waals surface area contributed by atoms with Crippen LogP contribution in [0.2, 0.25) is 0 Å². The number of nitrogens with one attached hydrogen (secondary N) is 1. The molecule has 0 spiro atoms. The smallest absolute Gasteiger partial charge is 0.254 e. The van der Waals surface area contributed by atoms with Crippen molar-refractivity contribution < 1.29 is 9.59 Å². The average molecular weight is 351 g/mol. The van der Waals surface area contributed by atoms with Gasteiger partial charge in [-0.2, -0.15) is 5.10 Å². The van der Waals surface area contributed by atoms with E-state index in [0.29, 0.717) is 25.1 Å². The fourth-order valence-corrected chi connectivity index (χ4v) is 3.61. The van der Waals surface area contributed by atoms with Gasteiger partial charge in [0.15, 0.2) is 0 Å². The monoisotopic (exact) mass is 351 g/mol. The third-order valence-corrected chi connectivity index (χ3v) is 5.00. The van der Waals surface area contributed by atoms with Crippen LogP contribution in [0.3, 0.4) is 0 Å². The van der Waals surface area contributed by atoms with Crippen molar-refractivity contribution in [2.24, 2.45) is 7.05 Å². The van der Waals surface area contributed by atoms with Crippen LogP contribution in [-0.4, -0.2) is 44.7 Å². The number of fused-ring (bicyclic) bond motifs is 2. The van der Waals surface area contributed by atoms with Gasteiger partial charge < -0.3 is 14.8 Å². The molecule has 7 nitrogen and oxygen atoms in total. The van der Waals surface area contributed by atoms with E-state index in [4.69, 9.17) is 0 Å². The van der Waals surface area contributed by atoms with Crippen LogP contribution in [0.1, 0.15) is 28.5 Å². The van der Waals surface area contributed by atoms with Gasteiger partial charge in [-0.05, 0) is 30.3 Å². The summed E-state index contributed by atoms with van der Waals surface area (Å²) >= 11 is 0. The van der Waals surface area contributed by atoms with Crippen LogP contribution in [0.5, 0.6) is 0 Å². The van der Waals surface area contributed by atoms with E-state index < -0.39 is 0 Å². The number of aryl methyl sites for hydroxylation is 1. The number of aromatic nitrogens is 3. The normalized spacial score (nSPS) is 16.5. The van der Waals surface area contributed by atoms with E-state index in [9.17, 15) is 9.59 Å². The van der Waals surface area contributed by atoms with Gasteiger partial charge in [-0.15, -0.1) is 0 Å². The molecule has 1 aromatic carbocycles. The molecule has 2 aromatic heterocycles. The van der Waals surface area contributed by atoms with Gasteiger partial charge in [0, 0.05) is 49.5 Å². The highest BCUT2D eigenvalue weighted by molar-refractivity contribution is 5.98. The van der Waals surface area contributed by atoms with Gasteiger partial charge in [-0.25, -0.2) is 0 Å². The van der Waals surface area contributed by atoms with Gasteiger partial charge in [-0.3, -0.25) is 14.3 Å². The van der Waals surface area contributed by atoms with Crippen molar-refractivity contribution in [3.63, 3.8) is 0 Å². The third kappa shape index (κ3) is 2.75. The Labute approximate surface area is 151 Å². The van der Waals surface area contributed by atoms with Crippen LogP contribution in [0.4, 0.5) is 0 Å². The van der Waals surface area contributed by atoms with Crippen molar-refractivity contribution in [2.45, 2.75) is 19.0 Å². The number of amides is 2. The predicted molar refractivity (Wildman–Crippen MR) is 97.6 cm³/mol. The first-order valence-corrected chi connectivity index (χ1v) is 8.64. The molecule has 0 bridgehead atoms. The lowest BCUT2D eigenvalue weighted by molar-refractivity contribution is -0.121. The number of hydrogen-bond donors (Lipinski definition) is 1. The van der Waals surface area contributed by atoms with Crippen LogP contribution >= 0.6 is 0 Å². The van der Waals surface area contributed by atoms with Crippen LogP contribution < -0.4 is 5.32 Å². The number of rotatable bonds is 3. The van der Waals surface area contributed by atoms with E-state index in [1.165, 1.54) is 0 Å². The summed E-state index contributed by atoms with van der Waals surface area (Å²) in [5, 5.41) is 8.02. The Balaban J connectivity index is 1.62. The summed E-state index contributed by atoms with van der Waals surface area (Å²) in [5.74, 6) is -0.0819. The molecule has 134 valence electrons. The molecule has 3 heterocycles. The Morgan fingerprint density at radius 1 is 1.27 bits per heavy atom.